The van der Waals surface area contributed by atoms with Gasteiger partial charge in [-0.2, -0.15) is 26.3 Å². The number of rotatable bonds is 7. The lowest BCUT2D eigenvalue weighted by atomic mass is 10.4. The van der Waals surface area contributed by atoms with Crippen LogP contribution in [-0.4, -0.2) is 43.9 Å². The van der Waals surface area contributed by atoms with Crippen LogP contribution in [0.5, 0.6) is 0 Å². The lowest BCUT2D eigenvalue weighted by molar-refractivity contribution is -0.173. The Kier molecular flexibility index (Phi) is 10.6. The van der Waals surface area contributed by atoms with Crippen molar-refractivity contribution in [1.29, 1.82) is 0 Å². The van der Waals surface area contributed by atoms with Gasteiger partial charge in [-0.15, -0.1) is 35.3 Å². The molecule has 0 aliphatic carbocycles. The van der Waals surface area contributed by atoms with Crippen molar-refractivity contribution in [2.75, 3.05) is 26.8 Å². The molecule has 0 fully saturated rings. The van der Waals surface area contributed by atoms with Crippen molar-refractivity contribution >= 4 is 41.3 Å². The third-order valence-electron chi connectivity index (χ3n) is 2.50. The number of guanidine groups is 1. The van der Waals surface area contributed by atoms with Crippen molar-refractivity contribution in [3.05, 3.63) is 16.1 Å². The molecule has 0 saturated heterocycles. The van der Waals surface area contributed by atoms with Crippen LogP contribution in [0, 0.1) is 0 Å². The first-order valence-electron chi connectivity index (χ1n) is 6.72. The zero-order valence-electron chi connectivity index (χ0n) is 13.0. The lowest BCUT2D eigenvalue weighted by Crippen LogP contribution is -2.37. The Hall–Kier alpha value is -0.830. The third kappa shape index (κ3) is 10.7. The Morgan fingerprint density at radius 2 is 1.92 bits per heavy atom. The highest BCUT2D eigenvalue weighted by atomic mass is 127. The molecule has 1 heterocycles. The predicted octanol–water partition coefficient (Wildman–Crippen LogP) is 3.41. The number of hydrogen-bond donors (Lipinski definition) is 2. The van der Waals surface area contributed by atoms with E-state index in [2.05, 4.69) is 25.3 Å². The van der Waals surface area contributed by atoms with Crippen LogP contribution >= 0.6 is 35.3 Å². The van der Waals surface area contributed by atoms with Crippen LogP contribution in [-0.2, 0) is 17.5 Å². The molecule has 0 saturated carbocycles. The molecular formula is C12H17F6IN4OS. The molecule has 1 aromatic heterocycles. The molecule has 13 heteroatoms. The third-order valence-corrected chi connectivity index (χ3v) is 3.35. The highest BCUT2D eigenvalue weighted by Gasteiger charge is 2.33. The number of alkyl halides is 6. The van der Waals surface area contributed by atoms with Gasteiger partial charge in [-0.3, -0.25) is 4.99 Å². The summed E-state index contributed by atoms with van der Waals surface area (Å²) in [5.74, 6) is 0.301. The van der Waals surface area contributed by atoms with Gasteiger partial charge in [0.1, 0.15) is 11.6 Å². The second kappa shape index (κ2) is 11.0. The maximum atomic E-state index is 12.4. The number of aromatic nitrogens is 1. The summed E-state index contributed by atoms with van der Waals surface area (Å²) in [6, 6.07) is 0. The molecule has 1 rings (SSSR count). The molecule has 5 nitrogen and oxygen atoms in total. The van der Waals surface area contributed by atoms with Crippen molar-refractivity contribution < 1.29 is 31.1 Å². The summed E-state index contributed by atoms with van der Waals surface area (Å²) in [4.78, 5) is 7.30. The van der Waals surface area contributed by atoms with Crippen LogP contribution in [0.15, 0.2) is 10.4 Å². The molecule has 25 heavy (non-hydrogen) atoms. The highest BCUT2D eigenvalue weighted by Crippen LogP contribution is 2.29. The topological polar surface area (TPSA) is 58.5 Å². The average Bonchev–Trinajstić information content (AvgIpc) is 2.93. The van der Waals surface area contributed by atoms with Gasteiger partial charge >= 0.3 is 12.4 Å². The Labute approximate surface area is 161 Å². The summed E-state index contributed by atoms with van der Waals surface area (Å²) in [5, 5.41) is 6.73. The lowest BCUT2D eigenvalue weighted by Gasteiger charge is -2.11. The number of aliphatic imine (C=N–C) groups is 1. The van der Waals surface area contributed by atoms with Crippen LogP contribution in [0.1, 0.15) is 17.1 Å². The minimum absolute atomic E-state index is 0. The molecule has 0 spiro atoms. The van der Waals surface area contributed by atoms with E-state index in [0.29, 0.717) is 18.9 Å². The molecule has 2 N–H and O–H groups in total. The van der Waals surface area contributed by atoms with E-state index in [-0.39, 0.29) is 42.1 Å². The normalized spacial score (nSPS) is 12.7. The number of ether oxygens (including phenoxy) is 1. The van der Waals surface area contributed by atoms with Crippen molar-refractivity contribution in [2.24, 2.45) is 4.99 Å². The number of nitrogens with zero attached hydrogens (tertiary/aromatic N) is 2. The molecule has 0 amide bonds. The van der Waals surface area contributed by atoms with Gasteiger partial charge in [0.05, 0.1) is 6.54 Å². The zero-order valence-corrected chi connectivity index (χ0v) is 16.1. The fourth-order valence-corrected chi connectivity index (χ4v) is 2.21. The Balaban J connectivity index is 0.00000576. The summed E-state index contributed by atoms with van der Waals surface area (Å²) in [6.07, 6.45) is -8.52. The quantitative estimate of drug-likeness (QED) is 0.196. The van der Waals surface area contributed by atoms with E-state index < -0.39 is 24.7 Å². The van der Waals surface area contributed by atoms with E-state index in [1.165, 1.54) is 7.05 Å². The van der Waals surface area contributed by atoms with Crippen LogP contribution in [0.25, 0.3) is 0 Å². The summed E-state index contributed by atoms with van der Waals surface area (Å²) >= 11 is 0.863. The summed E-state index contributed by atoms with van der Waals surface area (Å²) in [7, 11) is 1.46. The van der Waals surface area contributed by atoms with Gasteiger partial charge in [0.2, 0.25) is 0 Å². The molecule has 146 valence electrons. The van der Waals surface area contributed by atoms with E-state index in [9.17, 15) is 26.3 Å². The fourth-order valence-electron chi connectivity index (χ4n) is 1.47. The molecule has 0 bridgehead atoms. The fraction of sp³-hybridized carbons (Fsp3) is 0.667. The van der Waals surface area contributed by atoms with Crippen molar-refractivity contribution in [3.63, 3.8) is 0 Å². The first-order valence-corrected chi connectivity index (χ1v) is 7.60. The highest BCUT2D eigenvalue weighted by molar-refractivity contribution is 14.0. The van der Waals surface area contributed by atoms with E-state index in [1.54, 1.807) is 0 Å². The summed E-state index contributed by atoms with van der Waals surface area (Å²) < 4.78 is 77.2. The monoisotopic (exact) mass is 506 g/mol. The van der Waals surface area contributed by atoms with Gasteiger partial charge in [-0.25, -0.2) is 4.98 Å². The first-order chi connectivity index (χ1) is 11.1. The van der Waals surface area contributed by atoms with Gasteiger partial charge in [0.25, 0.3) is 0 Å². The number of thiazole rings is 1. The number of nitrogens with one attached hydrogen (secondary N) is 2. The summed E-state index contributed by atoms with van der Waals surface area (Å²) in [5.41, 5.74) is -0.950. The van der Waals surface area contributed by atoms with E-state index in [1.807, 2.05) is 0 Å². The van der Waals surface area contributed by atoms with Crippen LogP contribution in [0.4, 0.5) is 26.3 Å². The first kappa shape index (κ1) is 24.2. The van der Waals surface area contributed by atoms with E-state index in [4.69, 9.17) is 0 Å². The SMILES string of the molecule is CN=C(NCCCOCC(F)(F)F)NCc1nc(C(F)(F)F)cs1.I. The van der Waals surface area contributed by atoms with Gasteiger partial charge in [0.15, 0.2) is 11.7 Å². The van der Waals surface area contributed by atoms with Crippen molar-refractivity contribution in [3.8, 4) is 0 Å². The maximum absolute atomic E-state index is 12.4. The molecule has 0 aliphatic heterocycles. The Bertz CT molecular complexity index is 534. The average molecular weight is 506 g/mol. The summed E-state index contributed by atoms with van der Waals surface area (Å²) in [6.45, 7) is -1.04. The largest absolute Gasteiger partial charge is 0.434 e. The van der Waals surface area contributed by atoms with Crippen LogP contribution < -0.4 is 10.6 Å². The number of hydrogen-bond acceptors (Lipinski definition) is 4. The van der Waals surface area contributed by atoms with Gasteiger partial charge < -0.3 is 15.4 Å². The van der Waals surface area contributed by atoms with E-state index >= 15 is 0 Å². The predicted molar refractivity (Wildman–Crippen MR) is 92.2 cm³/mol. The van der Waals surface area contributed by atoms with Crippen LogP contribution in [0.3, 0.4) is 0 Å². The van der Waals surface area contributed by atoms with Gasteiger partial charge in [-0.1, -0.05) is 0 Å². The smallest absolute Gasteiger partial charge is 0.372 e. The molecule has 1 aromatic rings. The van der Waals surface area contributed by atoms with Crippen molar-refractivity contribution in [1.82, 2.24) is 15.6 Å². The molecular weight excluding hydrogens is 489 g/mol. The number of halogens is 7. The van der Waals surface area contributed by atoms with E-state index in [0.717, 1.165) is 16.7 Å². The molecule has 0 unspecified atom stereocenters. The Morgan fingerprint density at radius 1 is 1.24 bits per heavy atom. The Morgan fingerprint density at radius 3 is 2.44 bits per heavy atom. The molecule has 0 aromatic carbocycles. The maximum Gasteiger partial charge on any atom is 0.434 e. The minimum Gasteiger partial charge on any atom is -0.372 e. The van der Waals surface area contributed by atoms with Crippen LogP contribution in [0.2, 0.25) is 0 Å². The minimum atomic E-state index is -4.48. The molecule has 0 atom stereocenters. The molecule has 0 aliphatic rings. The second-order valence-electron chi connectivity index (χ2n) is 4.50. The van der Waals surface area contributed by atoms with Gasteiger partial charge in [0, 0.05) is 25.6 Å². The standard InChI is InChI=1S/C12H16F6N4OS.HI/c1-19-10(20-3-2-4-23-7-11(13,14)15)21-5-9-22-8(6-24-9)12(16,17)18;/h6H,2-5,7H2,1H3,(H2,19,20,21);1H. The van der Waals surface area contributed by atoms with Gasteiger partial charge in [-0.05, 0) is 6.42 Å². The van der Waals surface area contributed by atoms with Crippen molar-refractivity contribution in [2.45, 2.75) is 25.3 Å². The second-order valence-corrected chi connectivity index (χ2v) is 5.44. The zero-order chi connectivity index (χ0) is 18.2. The molecule has 0 radical (unpaired) electrons.